The first-order valence-electron chi connectivity index (χ1n) is 7.20. The molecule has 0 unspecified atom stereocenters. The first-order valence-corrected chi connectivity index (χ1v) is 7.20. The van der Waals surface area contributed by atoms with Gasteiger partial charge in [0.2, 0.25) is 0 Å². The number of hydrogen-bond acceptors (Lipinski definition) is 2. The number of carbonyl (C=O) groups is 2. The highest BCUT2D eigenvalue weighted by Crippen LogP contribution is 2.21. The third-order valence-electron chi connectivity index (χ3n) is 3.60. The highest BCUT2D eigenvalue weighted by Gasteiger charge is 2.34. The van der Waals surface area contributed by atoms with E-state index in [1.165, 1.54) is 10.6 Å². The second-order valence-electron chi connectivity index (χ2n) is 5.07. The maximum Gasteiger partial charge on any atom is 0.282 e. The summed E-state index contributed by atoms with van der Waals surface area (Å²) in [5, 5.41) is 1.27. The Balaban J connectivity index is 1.89. The SMILES string of the molecule is CCc1ccc(/C=C2\C(=O)NN(c3ccccc3)C2=O)cc1. The molecule has 1 N–H and O–H groups in total. The molecular weight excluding hydrogens is 276 g/mol. The Hall–Kier alpha value is -2.88. The Morgan fingerprint density at radius 2 is 1.68 bits per heavy atom. The van der Waals surface area contributed by atoms with Crippen molar-refractivity contribution in [1.29, 1.82) is 0 Å². The average molecular weight is 292 g/mol. The molecule has 0 spiro atoms. The molecule has 0 saturated carbocycles. The normalized spacial score (nSPS) is 16.2. The number of aryl methyl sites for hydroxylation is 1. The van der Waals surface area contributed by atoms with Crippen LogP contribution >= 0.6 is 0 Å². The van der Waals surface area contributed by atoms with Crippen LogP contribution in [0.1, 0.15) is 18.1 Å². The summed E-state index contributed by atoms with van der Waals surface area (Å²) >= 11 is 0. The van der Waals surface area contributed by atoms with Crippen molar-refractivity contribution >= 4 is 23.6 Å². The molecule has 1 heterocycles. The highest BCUT2D eigenvalue weighted by molar-refractivity contribution is 6.31. The molecule has 2 amide bonds. The minimum absolute atomic E-state index is 0.146. The lowest BCUT2D eigenvalue weighted by Crippen LogP contribution is -2.35. The number of nitrogens with zero attached hydrogens (tertiary/aromatic N) is 1. The number of rotatable bonds is 3. The number of anilines is 1. The summed E-state index contributed by atoms with van der Waals surface area (Å²) < 4.78 is 0. The van der Waals surface area contributed by atoms with Crippen molar-refractivity contribution in [2.75, 3.05) is 5.01 Å². The molecule has 4 nitrogen and oxygen atoms in total. The second kappa shape index (κ2) is 5.85. The molecule has 0 bridgehead atoms. The Morgan fingerprint density at radius 1 is 1.00 bits per heavy atom. The molecule has 110 valence electrons. The number of amides is 2. The molecule has 0 aliphatic carbocycles. The van der Waals surface area contributed by atoms with Crippen molar-refractivity contribution in [3.05, 3.63) is 71.3 Å². The summed E-state index contributed by atoms with van der Waals surface area (Å²) in [6.45, 7) is 2.08. The van der Waals surface area contributed by atoms with Crippen LogP contribution in [-0.2, 0) is 16.0 Å². The number of nitrogens with one attached hydrogen (secondary N) is 1. The van der Waals surface area contributed by atoms with Crippen LogP contribution < -0.4 is 10.4 Å². The van der Waals surface area contributed by atoms with Crippen LogP contribution in [-0.4, -0.2) is 11.8 Å². The van der Waals surface area contributed by atoms with Crippen LogP contribution in [0.3, 0.4) is 0 Å². The minimum Gasteiger partial charge on any atom is -0.267 e. The fourth-order valence-electron chi connectivity index (χ4n) is 2.33. The van der Waals surface area contributed by atoms with Crippen LogP contribution in [0.15, 0.2) is 60.2 Å². The van der Waals surface area contributed by atoms with E-state index in [0.717, 1.165) is 12.0 Å². The van der Waals surface area contributed by atoms with Gasteiger partial charge < -0.3 is 0 Å². The summed E-state index contributed by atoms with van der Waals surface area (Å²) in [6, 6.07) is 16.9. The second-order valence-corrected chi connectivity index (χ2v) is 5.07. The highest BCUT2D eigenvalue weighted by atomic mass is 16.2. The fraction of sp³-hybridized carbons (Fsp3) is 0.111. The van der Waals surface area contributed by atoms with Gasteiger partial charge in [-0.3, -0.25) is 15.0 Å². The van der Waals surface area contributed by atoms with E-state index in [1.54, 1.807) is 18.2 Å². The van der Waals surface area contributed by atoms with Gasteiger partial charge in [-0.1, -0.05) is 49.4 Å². The third kappa shape index (κ3) is 2.63. The van der Waals surface area contributed by atoms with Gasteiger partial charge >= 0.3 is 0 Å². The van der Waals surface area contributed by atoms with Crippen molar-refractivity contribution < 1.29 is 9.59 Å². The minimum atomic E-state index is -0.381. The van der Waals surface area contributed by atoms with Gasteiger partial charge in [-0.25, -0.2) is 5.01 Å². The first-order chi connectivity index (χ1) is 10.7. The van der Waals surface area contributed by atoms with Crippen LogP contribution in [0, 0.1) is 0 Å². The molecule has 3 rings (SSSR count). The van der Waals surface area contributed by atoms with Gasteiger partial charge in [0.05, 0.1) is 5.69 Å². The van der Waals surface area contributed by atoms with Gasteiger partial charge in [-0.05, 0) is 35.8 Å². The number of hydrogen-bond donors (Lipinski definition) is 1. The molecule has 0 aromatic heterocycles. The van der Waals surface area contributed by atoms with Gasteiger partial charge in [-0.2, -0.15) is 0 Å². The molecule has 0 atom stereocenters. The van der Waals surface area contributed by atoms with Crippen LogP contribution in [0.25, 0.3) is 6.08 Å². The van der Waals surface area contributed by atoms with E-state index in [0.29, 0.717) is 5.69 Å². The van der Waals surface area contributed by atoms with Crippen molar-refractivity contribution in [2.45, 2.75) is 13.3 Å². The number of carbonyl (C=O) groups excluding carboxylic acids is 2. The molecule has 1 fully saturated rings. The third-order valence-corrected chi connectivity index (χ3v) is 3.60. The van der Waals surface area contributed by atoms with Gasteiger partial charge in [0.25, 0.3) is 11.8 Å². The van der Waals surface area contributed by atoms with Crippen molar-refractivity contribution in [1.82, 2.24) is 5.43 Å². The van der Waals surface area contributed by atoms with Gasteiger partial charge in [0, 0.05) is 0 Å². The maximum atomic E-state index is 12.4. The monoisotopic (exact) mass is 292 g/mol. The largest absolute Gasteiger partial charge is 0.282 e. The summed E-state index contributed by atoms with van der Waals surface area (Å²) in [5.74, 6) is -0.718. The van der Waals surface area contributed by atoms with Crippen LogP contribution in [0.5, 0.6) is 0 Å². The number of benzene rings is 2. The van der Waals surface area contributed by atoms with Crippen molar-refractivity contribution in [2.24, 2.45) is 0 Å². The first kappa shape index (κ1) is 14.1. The standard InChI is InChI=1S/C18H16N2O2/c1-2-13-8-10-14(11-9-13)12-16-17(21)19-20(18(16)22)15-6-4-3-5-7-15/h3-12H,2H2,1H3,(H,19,21)/b16-12+. The predicted molar refractivity (Wildman–Crippen MR) is 85.9 cm³/mol. The van der Waals surface area contributed by atoms with E-state index in [1.807, 2.05) is 42.5 Å². The van der Waals surface area contributed by atoms with Crippen molar-refractivity contribution in [3.63, 3.8) is 0 Å². The number of hydrazine groups is 1. The Morgan fingerprint density at radius 3 is 2.32 bits per heavy atom. The van der Waals surface area contributed by atoms with Gasteiger partial charge in [0.1, 0.15) is 5.57 Å². The Kier molecular flexibility index (Phi) is 3.74. The van der Waals surface area contributed by atoms with Crippen LogP contribution in [0.2, 0.25) is 0 Å². The van der Waals surface area contributed by atoms with E-state index in [2.05, 4.69) is 12.3 Å². The Labute approximate surface area is 129 Å². The fourth-order valence-corrected chi connectivity index (χ4v) is 2.33. The number of para-hydroxylation sites is 1. The lowest BCUT2D eigenvalue weighted by Gasteiger charge is -2.13. The van der Waals surface area contributed by atoms with Gasteiger partial charge in [0.15, 0.2) is 0 Å². The van der Waals surface area contributed by atoms with E-state index in [-0.39, 0.29) is 17.4 Å². The van der Waals surface area contributed by atoms with Gasteiger partial charge in [-0.15, -0.1) is 0 Å². The zero-order valence-electron chi connectivity index (χ0n) is 12.2. The topological polar surface area (TPSA) is 49.4 Å². The molecule has 4 heteroatoms. The molecule has 0 radical (unpaired) electrons. The summed E-state index contributed by atoms with van der Waals surface area (Å²) in [5.41, 5.74) is 5.44. The lowest BCUT2D eigenvalue weighted by atomic mass is 10.1. The summed E-state index contributed by atoms with van der Waals surface area (Å²) in [4.78, 5) is 24.5. The molecule has 1 aliphatic rings. The zero-order chi connectivity index (χ0) is 15.5. The molecule has 2 aromatic rings. The smallest absolute Gasteiger partial charge is 0.267 e. The molecule has 1 saturated heterocycles. The summed E-state index contributed by atoms with van der Waals surface area (Å²) in [7, 11) is 0. The summed E-state index contributed by atoms with van der Waals surface area (Å²) in [6.07, 6.45) is 2.58. The molecule has 2 aromatic carbocycles. The van der Waals surface area contributed by atoms with Crippen molar-refractivity contribution in [3.8, 4) is 0 Å². The lowest BCUT2D eigenvalue weighted by molar-refractivity contribution is -0.117. The maximum absolute atomic E-state index is 12.4. The zero-order valence-corrected chi connectivity index (χ0v) is 12.2. The molecule has 22 heavy (non-hydrogen) atoms. The van der Waals surface area contributed by atoms with E-state index in [9.17, 15) is 9.59 Å². The van der Waals surface area contributed by atoms with E-state index >= 15 is 0 Å². The molecule has 1 aliphatic heterocycles. The van der Waals surface area contributed by atoms with E-state index in [4.69, 9.17) is 0 Å². The van der Waals surface area contributed by atoms with Crippen LogP contribution in [0.4, 0.5) is 5.69 Å². The van der Waals surface area contributed by atoms with E-state index < -0.39 is 0 Å². The molecular formula is C18H16N2O2. The average Bonchev–Trinajstić information content (AvgIpc) is 2.84. The quantitative estimate of drug-likeness (QED) is 0.698. The Bertz CT molecular complexity index is 733. The predicted octanol–water partition coefficient (Wildman–Crippen LogP) is 2.71.